The number of rotatable bonds is 15. The van der Waals surface area contributed by atoms with Crippen LogP contribution in [0.25, 0.3) is 11.1 Å². The zero-order valence-electron chi connectivity index (χ0n) is 24.5. The molecule has 0 bridgehead atoms. The van der Waals surface area contributed by atoms with Crippen LogP contribution in [0.5, 0.6) is 5.75 Å². The van der Waals surface area contributed by atoms with Gasteiger partial charge in [-0.3, -0.25) is 19.2 Å². The van der Waals surface area contributed by atoms with Crippen molar-refractivity contribution >= 4 is 18.2 Å². The molecule has 3 aromatic rings. The van der Waals surface area contributed by atoms with Crippen molar-refractivity contribution in [2.75, 3.05) is 20.3 Å². The fourth-order valence-corrected chi connectivity index (χ4v) is 5.44. The third-order valence-corrected chi connectivity index (χ3v) is 7.80. The number of aryl methyl sites for hydroxylation is 1. The summed E-state index contributed by atoms with van der Waals surface area (Å²) in [5.74, 6) is 0.256. The summed E-state index contributed by atoms with van der Waals surface area (Å²) in [4.78, 5) is 43.7. The van der Waals surface area contributed by atoms with Crippen LogP contribution in [-0.4, -0.2) is 43.6 Å². The molecule has 1 atom stereocenters. The van der Waals surface area contributed by atoms with E-state index in [-0.39, 0.29) is 31.6 Å². The maximum atomic E-state index is 13.3. The number of carbonyl (C=O) groups is 3. The van der Waals surface area contributed by atoms with Gasteiger partial charge in [0.05, 0.1) is 26.2 Å². The molecule has 0 radical (unpaired) electrons. The van der Waals surface area contributed by atoms with Gasteiger partial charge in [0, 0.05) is 5.56 Å². The Morgan fingerprint density at radius 3 is 2.45 bits per heavy atom. The SMILES string of the molecule is CCc1cc(OC)cc(-c2cccc(C(=O)NCNC(=O)[C@H](CC3CCCC3)CN(C=O)OCc3ccccc3)c2)c1. The van der Waals surface area contributed by atoms with Gasteiger partial charge in [-0.1, -0.05) is 81.1 Å². The molecule has 222 valence electrons. The Bertz CT molecular complexity index is 1300. The largest absolute Gasteiger partial charge is 0.497 e. The molecular weight excluding hydrogens is 530 g/mol. The molecule has 0 saturated heterocycles. The van der Waals surface area contributed by atoms with Crippen molar-refractivity contribution in [1.29, 1.82) is 0 Å². The van der Waals surface area contributed by atoms with E-state index in [1.807, 2.05) is 60.7 Å². The van der Waals surface area contributed by atoms with Crippen molar-refractivity contribution in [3.8, 4) is 16.9 Å². The number of hydroxylamine groups is 2. The number of carbonyl (C=O) groups excluding carboxylic acids is 3. The quantitative estimate of drug-likeness (QED) is 0.142. The fraction of sp³-hybridized carbons (Fsp3) is 0.382. The Morgan fingerprint density at radius 1 is 0.952 bits per heavy atom. The second kappa shape index (κ2) is 15.7. The lowest BCUT2D eigenvalue weighted by Crippen LogP contribution is -2.43. The molecule has 0 spiro atoms. The smallest absolute Gasteiger partial charge is 0.252 e. The average molecular weight is 572 g/mol. The molecule has 1 saturated carbocycles. The van der Waals surface area contributed by atoms with E-state index in [4.69, 9.17) is 9.57 Å². The van der Waals surface area contributed by atoms with Gasteiger partial charge in [-0.05, 0) is 65.3 Å². The summed E-state index contributed by atoms with van der Waals surface area (Å²) in [6.07, 6.45) is 6.64. The van der Waals surface area contributed by atoms with Crippen molar-refractivity contribution in [1.82, 2.24) is 15.7 Å². The first kappa shape index (κ1) is 30.8. The molecule has 3 amide bonds. The van der Waals surface area contributed by atoms with Crippen LogP contribution in [0.1, 0.15) is 60.5 Å². The molecule has 3 aromatic carbocycles. The molecule has 4 rings (SSSR count). The number of nitrogens with zero attached hydrogens (tertiary/aromatic N) is 1. The Kier molecular flexibility index (Phi) is 11.5. The minimum Gasteiger partial charge on any atom is -0.497 e. The molecule has 2 N–H and O–H groups in total. The van der Waals surface area contributed by atoms with Crippen LogP contribution in [0.3, 0.4) is 0 Å². The number of amides is 3. The summed E-state index contributed by atoms with van der Waals surface area (Å²) in [6, 6.07) is 23.0. The van der Waals surface area contributed by atoms with E-state index in [1.165, 1.54) is 5.06 Å². The highest BCUT2D eigenvalue weighted by Crippen LogP contribution is 2.31. The molecule has 1 fully saturated rings. The van der Waals surface area contributed by atoms with Crippen molar-refractivity contribution < 1.29 is 24.0 Å². The standard InChI is InChI=1S/C34H41N3O5/c1-3-25-16-30(20-32(18-25)41-2)28-14-9-15-29(19-28)33(39)35-23-36-34(40)31(17-26-10-7-8-11-26)21-37(24-38)42-22-27-12-5-4-6-13-27/h4-6,9,12-16,18-20,24,26,31H,3,7-8,10-11,17,21-23H2,1-2H3,(H,35,39)(H,36,40)/t31-/m1/s1. The monoisotopic (exact) mass is 571 g/mol. The van der Waals surface area contributed by atoms with Gasteiger partial charge in [-0.15, -0.1) is 0 Å². The summed E-state index contributed by atoms with van der Waals surface area (Å²) in [5.41, 5.74) is 4.45. The van der Waals surface area contributed by atoms with E-state index in [0.717, 1.165) is 60.1 Å². The third kappa shape index (κ3) is 8.91. The number of benzene rings is 3. The van der Waals surface area contributed by atoms with Crippen LogP contribution < -0.4 is 15.4 Å². The predicted molar refractivity (Wildman–Crippen MR) is 162 cm³/mol. The van der Waals surface area contributed by atoms with Crippen molar-refractivity contribution in [3.63, 3.8) is 0 Å². The van der Waals surface area contributed by atoms with E-state index in [1.54, 1.807) is 13.2 Å². The van der Waals surface area contributed by atoms with Crippen LogP contribution in [0.2, 0.25) is 0 Å². The van der Waals surface area contributed by atoms with Crippen LogP contribution in [0.15, 0.2) is 72.8 Å². The van der Waals surface area contributed by atoms with E-state index in [9.17, 15) is 14.4 Å². The summed E-state index contributed by atoms with van der Waals surface area (Å²) < 4.78 is 5.45. The number of hydrogen-bond acceptors (Lipinski definition) is 5. The normalized spacial score (nSPS) is 13.8. The van der Waals surface area contributed by atoms with Crippen molar-refractivity contribution in [2.24, 2.45) is 11.8 Å². The zero-order valence-corrected chi connectivity index (χ0v) is 24.5. The first-order valence-corrected chi connectivity index (χ1v) is 14.7. The lowest BCUT2D eigenvalue weighted by atomic mass is 9.92. The molecule has 1 aliphatic rings. The second-order valence-electron chi connectivity index (χ2n) is 10.8. The summed E-state index contributed by atoms with van der Waals surface area (Å²) in [5, 5.41) is 6.86. The van der Waals surface area contributed by atoms with E-state index < -0.39 is 5.92 Å². The Hall–Kier alpha value is -4.17. The van der Waals surface area contributed by atoms with Gasteiger partial charge in [-0.25, -0.2) is 5.06 Å². The lowest BCUT2D eigenvalue weighted by molar-refractivity contribution is -0.182. The Morgan fingerprint density at radius 2 is 1.74 bits per heavy atom. The van der Waals surface area contributed by atoms with E-state index in [0.29, 0.717) is 24.3 Å². The predicted octanol–water partition coefficient (Wildman–Crippen LogP) is 5.51. The molecule has 8 nitrogen and oxygen atoms in total. The van der Waals surface area contributed by atoms with E-state index >= 15 is 0 Å². The average Bonchev–Trinajstić information content (AvgIpc) is 3.55. The Balaban J connectivity index is 1.35. The maximum absolute atomic E-state index is 13.3. The molecule has 1 aliphatic carbocycles. The third-order valence-electron chi connectivity index (χ3n) is 7.80. The minimum absolute atomic E-state index is 0.0197. The Labute approximate surface area is 248 Å². The summed E-state index contributed by atoms with van der Waals surface area (Å²) in [7, 11) is 1.64. The van der Waals surface area contributed by atoms with Gasteiger partial charge >= 0.3 is 0 Å². The first-order valence-electron chi connectivity index (χ1n) is 14.7. The van der Waals surface area contributed by atoms with Gasteiger partial charge in [0.15, 0.2) is 0 Å². The van der Waals surface area contributed by atoms with Gasteiger partial charge in [0.25, 0.3) is 5.91 Å². The summed E-state index contributed by atoms with van der Waals surface area (Å²) in [6.45, 7) is 2.45. The second-order valence-corrected chi connectivity index (χ2v) is 10.8. The van der Waals surface area contributed by atoms with Crippen molar-refractivity contribution in [3.05, 3.63) is 89.5 Å². The van der Waals surface area contributed by atoms with Crippen LogP contribution in [0, 0.1) is 11.8 Å². The number of nitrogens with one attached hydrogen (secondary N) is 2. The van der Waals surface area contributed by atoms with Gasteiger partial charge in [-0.2, -0.15) is 0 Å². The highest BCUT2D eigenvalue weighted by molar-refractivity contribution is 5.95. The highest BCUT2D eigenvalue weighted by Gasteiger charge is 2.27. The zero-order chi connectivity index (χ0) is 29.7. The molecule has 0 heterocycles. The maximum Gasteiger partial charge on any atom is 0.252 e. The van der Waals surface area contributed by atoms with Crippen molar-refractivity contribution in [2.45, 2.75) is 52.1 Å². The lowest BCUT2D eigenvalue weighted by Gasteiger charge is -2.25. The molecule has 0 unspecified atom stereocenters. The molecule has 42 heavy (non-hydrogen) atoms. The number of hydrogen-bond donors (Lipinski definition) is 2. The number of methoxy groups -OCH3 is 1. The topological polar surface area (TPSA) is 97.0 Å². The van der Waals surface area contributed by atoms with Crippen LogP contribution >= 0.6 is 0 Å². The van der Waals surface area contributed by atoms with Crippen LogP contribution in [-0.2, 0) is 27.5 Å². The molecule has 0 aliphatic heterocycles. The highest BCUT2D eigenvalue weighted by atomic mass is 16.7. The van der Waals surface area contributed by atoms with Gasteiger partial charge in [0.2, 0.25) is 12.3 Å². The molecule has 0 aromatic heterocycles. The molecular formula is C34H41N3O5. The fourth-order valence-electron chi connectivity index (χ4n) is 5.44. The molecule has 8 heteroatoms. The number of ether oxygens (including phenoxy) is 1. The van der Waals surface area contributed by atoms with E-state index in [2.05, 4.69) is 23.6 Å². The minimum atomic E-state index is -0.449. The van der Waals surface area contributed by atoms with Crippen LogP contribution in [0.4, 0.5) is 0 Å². The van der Waals surface area contributed by atoms with Gasteiger partial charge in [0.1, 0.15) is 12.4 Å². The first-order chi connectivity index (χ1) is 20.5. The summed E-state index contributed by atoms with van der Waals surface area (Å²) >= 11 is 0. The van der Waals surface area contributed by atoms with Gasteiger partial charge < -0.3 is 15.4 Å².